The molecule has 3 atom stereocenters. The molecule has 1 aliphatic rings. The second-order valence-corrected chi connectivity index (χ2v) is 5.17. The summed E-state index contributed by atoms with van der Waals surface area (Å²) in [6.45, 7) is 1.43. The quantitative estimate of drug-likeness (QED) is 0.615. The molecule has 0 spiro atoms. The zero-order valence-electron chi connectivity index (χ0n) is 12.8. The molecule has 0 aliphatic carbocycles. The van der Waals surface area contributed by atoms with Gasteiger partial charge in [-0.25, -0.2) is 9.18 Å². The molecule has 0 amide bonds. The lowest BCUT2D eigenvalue weighted by Crippen LogP contribution is -2.32. The van der Waals surface area contributed by atoms with E-state index in [4.69, 9.17) is 14.2 Å². The van der Waals surface area contributed by atoms with Gasteiger partial charge in [-0.3, -0.25) is 0 Å². The normalized spacial score (nSPS) is 24.0. The molecule has 1 fully saturated rings. The van der Waals surface area contributed by atoms with Gasteiger partial charge < -0.3 is 14.2 Å². The van der Waals surface area contributed by atoms with E-state index >= 15 is 0 Å². The van der Waals surface area contributed by atoms with Crippen molar-refractivity contribution in [3.05, 3.63) is 29.3 Å². The second kappa shape index (κ2) is 6.92. The number of benzene rings is 1. The van der Waals surface area contributed by atoms with Crippen molar-refractivity contribution in [2.75, 3.05) is 13.7 Å². The maximum atomic E-state index is 13.8. The van der Waals surface area contributed by atoms with Crippen molar-refractivity contribution in [2.45, 2.75) is 37.6 Å². The summed E-state index contributed by atoms with van der Waals surface area (Å²) in [5.74, 6) is -5.29. The average molecular weight is 354 g/mol. The van der Waals surface area contributed by atoms with Crippen molar-refractivity contribution in [3.8, 4) is 5.75 Å². The van der Waals surface area contributed by atoms with Gasteiger partial charge in [0.15, 0.2) is 23.8 Å². The van der Waals surface area contributed by atoms with Gasteiger partial charge >= 0.3 is 12.1 Å². The molecular formula is C15H15F5O4. The van der Waals surface area contributed by atoms with E-state index in [2.05, 4.69) is 0 Å². The van der Waals surface area contributed by atoms with Crippen molar-refractivity contribution in [1.29, 1.82) is 0 Å². The summed E-state index contributed by atoms with van der Waals surface area (Å²) in [4.78, 5) is 11.9. The topological polar surface area (TPSA) is 44.8 Å². The number of halogens is 5. The van der Waals surface area contributed by atoms with E-state index in [1.165, 1.54) is 6.92 Å². The van der Waals surface area contributed by atoms with E-state index < -0.39 is 54.1 Å². The van der Waals surface area contributed by atoms with Gasteiger partial charge in [0, 0.05) is 11.5 Å². The Kier molecular flexibility index (Phi) is 5.32. The highest BCUT2D eigenvalue weighted by molar-refractivity contribution is 5.77. The van der Waals surface area contributed by atoms with E-state index in [1.807, 2.05) is 0 Å². The number of hydrogen-bond acceptors (Lipinski definition) is 4. The highest BCUT2D eigenvalue weighted by Crippen LogP contribution is 2.45. The van der Waals surface area contributed by atoms with E-state index in [-0.39, 0.29) is 12.2 Å². The van der Waals surface area contributed by atoms with Crippen molar-refractivity contribution in [1.82, 2.24) is 0 Å². The Labute approximate surface area is 134 Å². The van der Waals surface area contributed by atoms with Crippen molar-refractivity contribution in [2.24, 2.45) is 0 Å². The predicted octanol–water partition coefficient (Wildman–Crippen LogP) is 3.34. The average Bonchev–Trinajstić information content (AvgIpc) is 2.95. The Hall–Kier alpha value is -1.90. The van der Waals surface area contributed by atoms with Crippen LogP contribution in [0.25, 0.3) is 0 Å². The van der Waals surface area contributed by atoms with E-state index in [9.17, 15) is 26.7 Å². The Morgan fingerprint density at radius 1 is 1.33 bits per heavy atom. The molecular weight excluding hydrogens is 339 g/mol. The third-order valence-corrected chi connectivity index (χ3v) is 3.71. The van der Waals surface area contributed by atoms with Crippen molar-refractivity contribution < 1.29 is 41.0 Å². The molecule has 1 saturated heterocycles. The minimum atomic E-state index is -4.70. The fraction of sp³-hybridized carbons (Fsp3) is 0.533. The maximum absolute atomic E-state index is 13.8. The maximum Gasteiger partial charge on any atom is 0.414 e. The fourth-order valence-corrected chi connectivity index (χ4v) is 2.67. The molecule has 24 heavy (non-hydrogen) atoms. The summed E-state index contributed by atoms with van der Waals surface area (Å²) >= 11 is 0. The van der Waals surface area contributed by atoms with Crippen LogP contribution >= 0.6 is 0 Å². The summed E-state index contributed by atoms with van der Waals surface area (Å²) in [5.41, 5.74) is -0.0822. The molecule has 4 nitrogen and oxygen atoms in total. The number of alkyl halides is 3. The summed E-state index contributed by atoms with van der Waals surface area (Å²) in [5, 5.41) is 0. The van der Waals surface area contributed by atoms with Gasteiger partial charge in [-0.1, -0.05) is 6.07 Å². The number of methoxy groups -OCH3 is 1. The first kappa shape index (κ1) is 18.4. The monoisotopic (exact) mass is 354 g/mol. The molecule has 0 radical (unpaired) electrons. The summed E-state index contributed by atoms with van der Waals surface area (Å²) in [7, 11) is 1.05. The van der Waals surface area contributed by atoms with Gasteiger partial charge in [-0.15, -0.1) is 0 Å². The van der Waals surface area contributed by atoms with Crippen LogP contribution in [0.4, 0.5) is 22.0 Å². The Morgan fingerprint density at radius 3 is 2.54 bits per heavy atom. The minimum absolute atomic E-state index is 0.0585. The molecule has 0 bridgehead atoms. The summed E-state index contributed by atoms with van der Waals surface area (Å²) in [6, 6.07) is 1.84. The fourth-order valence-electron chi connectivity index (χ4n) is 2.67. The number of esters is 1. The third-order valence-electron chi connectivity index (χ3n) is 3.71. The molecule has 1 aliphatic heterocycles. The van der Waals surface area contributed by atoms with Crippen LogP contribution in [0.15, 0.2) is 12.1 Å². The lowest BCUT2D eigenvalue weighted by molar-refractivity contribution is -0.217. The largest absolute Gasteiger partial charge is 0.493 e. The minimum Gasteiger partial charge on any atom is -0.493 e. The van der Waals surface area contributed by atoms with Gasteiger partial charge in [-0.05, 0) is 19.4 Å². The highest BCUT2D eigenvalue weighted by Gasteiger charge is 2.53. The molecule has 0 unspecified atom stereocenters. The zero-order valence-corrected chi connectivity index (χ0v) is 12.8. The molecule has 0 N–H and O–H groups in total. The number of ether oxygens (including phenoxy) is 3. The number of carbonyl (C=O) groups is 1. The first-order chi connectivity index (χ1) is 11.2. The third kappa shape index (κ3) is 3.45. The molecule has 9 heteroatoms. The van der Waals surface area contributed by atoms with Crippen LogP contribution in [0, 0.1) is 11.6 Å². The molecule has 0 aromatic heterocycles. The SMILES string of the molecule is CCOC(=O)[C@H]1O[C@@H](C(F)(F)F)C[C@H]1c1ccc(F)c(F)c1OC. The summed E-state index contributed by atoms with van der Waals surface area (Å²) in [6.07, 6.45) is -9.13. The molecule has 134 valence electrons. The highest BCUT2D eigenvalue weighted by atomic mass is 19.4. The lowest BCUT2D eigenvalue weighted by Gasteiger charge is -2.19. The summed E-state index contributed by atoms with van der Waals surface area (Å²) < 4.78 is 80.3. The van der Waals surface area contributed by atoms with Crippen LogP contribution in [0.5, 0.6) is 5.75 Å². The Balaban J connectivity index is 2.45. The Bertz CT molecular complexity index is 617. The standard InChI is InChI=1S/C15H15F5O4/c1-3-23-14(21)13-8(6-10(24-13)15(18,19)20)7-4-5-9(16)11(17)12(7)22-2/h4-5,8,10,13H,3,6H2,1-2H3/t8-,10+,13-/m0/s1. The van der Waals surface area contributed by atoms with Crippen LogP contribution in [0.2, 0.25) is 0 Å². The lowest BCUT2D eigenvalue weighted by atomic mass is 9.89. The molecule has 1 aromatic rings. The molecule has 0 saturated carbocycles. The Morgan fingerprint density at radius 2 is 2.00 bits per heavy atom. The number of hydrogen-bond donors (Lipinski definition) is 0. The van der Waals surface area contributed by atoms with Crippen molar-refractivity contribution in [3.63, 3.8) is 0 Å². The van der Waals surface area contributed by atoms with Gasteiger partial charge in [0.25, 0.3) is 0 Å². The van der Waals surface area contributed by atoms with E-state index in [0.717, 1.165) is 19.2 Å². The van der Waals surface area contributed by atoms with Gasteiger partial charge in [0.05, 0.1) is 13.7 Å². The first-order valence-electron chi connectivity index (χ1n) is 7.11. The molecule has 1 heterocycles. The molecule has 1 aromatic carbocycles. The number of rotatable bonds is 4. The van der Waals surface area contributed by atoms with E-state index in [1.54, 1.807) is 0 Å². The zero-order chi connectivity index (χ0) is 18.1. The van der Waals surface area contributed by atoms with Crippen LogP contribution in [-0.4, -0.2) is 38.1 Å². The van der Waals surface area contributed by atoms with E-state index in [0.29, 0.717) is 0 Å². The van der Waals surface area contributed by atoms with Gasteiger partial charge in [-0.2, -0.15) is 17.6 Å². The second-order valence-electron chi connectivity index (χ2n) is 5.17. The first-order valence-corrected chi connectivity index (χ1v) is 7.11. The van der Waals surface area contributed by atoms with Crippen LogP contribution < -0.4 is 4.74 Å². The van der Waals surface area contributed by atoms with Crippen LogP contribution in [0.3, 0.4) is 0 Å². The van der Waals surface area contributed by atoms with Gasteiger partial charge in [0.1, 0.15) is 0 Å². The van der Waals surface area contributed by atoms with Gasteiger partial charge in [0.2, 0.25) is 5.82 Å². The number of carbonyl (C=O) groups excluding carboxylic acids is 1. The van der Waals surface area contributed by atoms with Crippen LogP contribution in [-0.2, 0) is 14.3 Å². The predicted molar refractivity (Wildman–Crippen MR) is 71.6 cm³/mol. The molecule has 2 rings (SSSR count). The smallest absolute Gasteiger partial charge is 0.414 e. The van der Waals surface area contributed by atoms with Crippen molar-refractivity contribution >= 4 is 5.97 Å². The van der Waals surface area contributed by atoms with Crippen LogP contribution in [0.1, 0.15) is 24.8 Å².